The molecule has 1 aliphatic heterocycles. The lowest BCUT2D eigenvalue weighted by molar-refractivity contribution is 0.0989. The summed E-state index contributed by atoms with van der Waals surface area (Å²) in [5.41, 5.74) is 2.51. The average Bonchev–Trinajstić information content (AvgIpc) is 2.77. The van der Waals surface area contributed by atoms with Crippen molar-refractivity contribution in [3.8, 4) is 11.5 Å². The Labute approximate surface area is 164 Å². The predicted molar refractivity (Wildman–Crippen MR) is 111 cm³/mol. The highest BCUT2D eigenvalue weighted by Gasteiger charge is 2.19. The molecule has 1 aliphatic rings. The first kappa shape index (κ1) is 17.9. The first-order valence-electron chi connectivity index (χ1n) is 9.29. The maximum atomic E-state index is 13.2. The lowest BCUT2D eigenvalue weighted by Crippen LogP contribution is -2.31. The standard InChI is InChI=1S/C24H21NO3/c26-24(20-11-5-2-6-12-20)25(15-7-10-19-8-3-1-4-9-19)21-13-14-22-23(18-21)28-17-16-27-22/h1-14,18H,15-17H2/b10-7+. The van der Waals surface area contributed by atoms with E-state index in [0.29, 0.717) is 36.8 Å². The molecule has 0 N–H and O–H groups in total. The van der Waals surface area contributed by atoms with Crippen molar-refractivity contribution in [2.24, 2.45) is 0 Å². The zero-order chi connectivity index (χ0) is 19.2. The minimum Gasteiger partial charge on any atom is -0.486 e. The average molecular weight is 371 g/mol. The van der Waals surface area contributed by atoms with Crippen molar-refractivity contribution in [3.63, 3.8) is 0 Å². The van der Waals surface area contributed by atoms with Gasteiger partial charge < -0.3 is 14.4 Å². The Balaban J connectivity index is 1.63. The van der Waals surface area contributed by atoms with Gasteiger partial charge in [-0.2, -0.15) is 0 Å². The highest BCUT2D eigenvalue weighted by molar-refractivity contribution is 6.06. The number of rotatable bonds is 5. The number of hydrogen-bond acceptors (Lipinski definition) is 3. The summed E-state index contributed by atoms with van der Waals surface area (Å²) in [6.45, 7) is 1.50. The number of amides is 1. The molecule has 4 heteroatoms. The van der Waals surface area contributed by atoms with Crippen LogP contribution in [0.3, 0.4) is 0 Å². The number of nitrogens with zero attached hydrogens (tertiary/aromatic N) is 1. The summed E-state index contributed by atoms with van der Waals surface area (Å²) < 4.78 is 11.3. The summed E-state index contributed by atoms with van der Waals surface area (Å²) in [6.07, 6.45) is 4.01. The zero-order valence-corrected chi connectivity index (χ0v) is 15.5. The van der Waals surface area contributed by atoms with Gasteiger partial charge in [0.05, 0.1) is 0 Å². The fourth-order valence-corrected chi connectivity index (χ4v) is 3.10. The molecule has 0 spiro atoms. The topological polar surface area (TPSA) is 38.8 Å². The van der Waals surface area contributed by atoms with Crippen molar-refractivity contribution in [2.45, 2.75) is 0 Å². The van der Waals surface area contributed by atoms with Crippen molar-refractivity contribution in [2.75, 3.05) is 24.7 Å². The van der Waals surface area contributed by atoms with Gasteiger partial charge in [-0.05, 0) is 29.8 Å². The lowest BCUT2D eigenvalue weighted by Gasteiger charge is -2.24. The number of carbonyl (C=O) groups excluding carboxylic acids is 1. The Kier molecular flexibility index (Phi) is 5.38. The minimum absolute atomic E-state index is 0.0602. The number of anilines is 1. The number of ether oxygens (including phenoxy) is 2. The number of carbonyl (C=O) groups is 1. The second-order valence-corrected chi connectivity index (χ2v) is 6.42. The van der Waals surface area contributed by atoms with Crippen LogP contribution in [0.25, 0.3) is 6.08 Å². The van der Waals surface area contributed by atoms with Crippen molar-refractivity contribution >= 4 is 17.7 Å². The molecule has 28 heavy (non-hydrogen) atoms. The summed E-state index contributed by atoms with van der Waals surface area (Å²) in [4.78, 5) is 14.9. The van der Waals surface area contributed by atoms with E-state index in [2.05, 4.69) is 0 Å². The number of fused-ring (bicyclic) bond motifs is 1. The Bertz CT molecular complexity index is 968. The molecule has 0 atom stereocenters. The van der Waals surface area contributed by atoms with Gasteiger partial charge in [-0.15, -0.1) is 0 Å². The van der Waals surface area contributed by atoms with Crippen LogP contribution in [-0.4, -0.2) is 25.7 Å². The van der Waals surface area contributed by atoms with Crippen LogP contribution in [0.15, 0.2) is 84.9 Å². The minimum atomic E-state index is -0.0602. The quantitative estimate of drug-likeness (QED) is 0.646. The third-order valence-electron chi connectivity index (χ3n) is 4.50. The molecule has 3 aromatic rings. The normalized spacial score (nSPS) is 12.7. The molecular formula is C24H21NO3. The Morgan fingerprint density at radius 3 is 2.29 bits per heavy atom. The Morgan fingerprint density at radius 1 is 0.857 bits per heavy atom. The van der Waals surface area contributed by atoms with Crippen molar-refractivity contribution in [3.05, 3.63) is 96.1 Å². The maximum absolute atomic E-state index is 13.2. The van der Waals surface area contributed by atoms with Crippen molar-refractivity contribution in [1.82, 2.24) is 0 Å². The van der Waals surface area contributed by atoms with Crippen LogP contribution in [0, 0.1) is 0 Å². The van der Waals surface area contributed by atoms with Crippen molar-refractivity contribution < 1.29 is 14.3 Å². The van der Waals surface area contributed by atoms with Gasteiger partial charge in [0.25, 0.3) is 5.91 Å². The molecule has 1 heterocycles. The SMILES string of the molecule is O=C(c1ccccc1)N(C/C=C/c1ccccc1)c1ccc2c(c1)OCCO2. The first-order valence-corrected chi connectivity index (χ1v) is 9.29. The lowest BCUT2D eigenvalue weighted by atomic mass is 10.1. The predicted octanol–water partition coefficient (Wildman–Crippen LogP) is 4.82. The number of hydrogen-bond donors (Lipinski definition) is 0. The van der Waals surface area contributed by atoms with E-state index in [9.17, 15) is 4.79 Å². The molecule has 4 rings (SSSR count). The van der Waals surface area contributed by atoms with Crippen LogP contribution < -0.4 is 14.4 Å². The molecule has 140 valence electrons. The summed E-state index contributed by atoms with van der Waals surface area (Å²) in [7, 11) is 0. The summed E-state index contributed by atoms with van der Waals surface area (Å²) in [5.74, 6) is 1.32. The maximum Gasteiger partial charge on any atom is 0.258 e. The molecule has 1 amide bonds. The van der Waals surface area contributed by atoms with E-state index < -0.39 is 0 Å². The van der Waals surface area contributed by atoms with E-state index >= 15 is 0 Å². The molecule has 0 fully saturated rings. The Morgan fingerprint density at radius 2 is 1.54 bits per heavy atom. The van der Waals surface area contributed by atoms with E-state index in [1.165, 1.54) is 0 Å². The van der Waals surface area contributed by atoms with Gasteiger partial charge in [0.15, 0.2) is 11.5 Å². The second kappa shape index (κ2) is 8.44. The first-order chi connectivity index (χ1) is 13.8. The molecule has 4 nitrogen and oxygen atoms in total. The van der Waals surface area contributed by atoms with Gasteiger partial charge >= 0.3 is 0 Å². The molecule has 3 aromatic carbocycles. The molecule has 0 bridgehead atoms. The summed E-state index contributed by atoms with van der Waals surface area (Å²) in [6, 6.07) is 25.0. The van der Waals surface area contributed by atoms with Gasteiger partial charge in [0, 0.05) is 23.9 Å². The smallest absolute Gasteiger partial charge is 0.258 e. The summed E-state index contributed by atoms with van der Waals surface area (Å²) in [5, 5.41) is 0. The van der Waals surface area contributed by atoms with Crippen LogP contribution in [0.4, 0.5) is 5.69 Å². The van der Waals surface area contributed by atoms with E-state index in [0.717, 1.165) is 11.3 Å². The molecule has 0 radical (unpaired) electrons. The van der Waals surface area contributed by atoms with Gasteiger partial charge in [-0.1, -0.05) is 60.7 Å². The molecule has 0 aromatic heterocycles. The fourth-order valence-electron chi connectivity index (χ4n) is 3.10. The molecule has 0 unspecified atom stereocenters. The van der Waals surface area contributed by atoms with Crippen LogP contribution in [-0.2, 0) is 0 Å². The van der Waals surface area contributed by atoms with Crippen LogP contribution >= 0.6 is 0 Å². The molecule has 0 saturated heterocycles. The van der Waals surface area contributed by atoms with Gasteiger partial charge in [0.1, 0.15) is 13.2 Å². The van der Waals surface area contributed by atoms with Gasteiger partial charge in [-0.25, -0.2) is 0 Å². The van der Waals surface area contributed by atoms with Crippen LogP contribution in [0.1, 0.15) is 15.9 Å². The highest BCUT2D eigenvalue weighted by atomic mass is 16.6. The molecular weight excluding hydrogens is 350 g/mol. The van der Waals surface area contributed by atoms with E-state index in [1.807, 2.05) is 91.0 Å². The van der Waals surface area contributed by atoms with E-state index in [4.69, 9.17) is 9.47 Å². The van der Waals surface area contributed by atoms with Gasteiger partial charge in [0.2, 0.25) is 0 Å². The summed E-state index contributed by atoms with van der Waals surface area (Å²) >= 11 is 0. The number of benzene rings is 3. The van der Waals surface area contributed by atoms with E-state index in [-0.39, 0.29) is 5.91 Å². The Hall–Kier alpha value is -3.53. The van der Waals surface area contributed by atoms with Crippen molar-refractivity contribution in [1.29, 1.82) is 0 Å². The molecule has 0 aliphatic carbocycles. The van der Waals surface area contributed by atoms with E-state index in [1.54, 1.807) is 4.90 Å². The van der Waals surface area contributed by atoms with Crippen LogP contribution in [0.5, 0.6) is 11.5 Å². The van der Waals surface area contributed by atoms with Gasteiger partial charge in [-0.3, -0.25) is 4.79 Å². The third-order valence-corrected chi connectivity index (χ3v) is 4.50. The monoisotopic (exact) mass is 371 g/mol. The third kappa shape index (κ3) is 4.07. The molecule has 0 saturated carbocycles. The fraction of sp³-hybridized carbons (Fsp3) is 0.125. The zero-order valence-electron chi connectivity index (χ0n) is 15.5. The second-order valence-electron chi connectivity index (χ2n) is 6.42. The largest absolute Gasteiger partial charge is 0.486 e. The van der Waals surface area contributed by atoms with Crippen LogP contribution in [0.2, 0.25) is 0 Å². The highest BCUT2D eigenvalue weighted by Crippen LogP contribution is 2.34.